The van der Waals surface area contributed by atoms with E-state index in [0.29, 0.717) is 21.9 Å². The van der Waals surface area contributed by atoms with Crippen LogP contribution in [-0.4, -0.2) is 19.5 Å². The molecule has 3 rings (SSSR count). The van der Waals surface area contributed by atoms with E-state index in [0.717, 1.165) is 0 Å². The van der Waals surface area contributed by atoms with E-state index >= 15 is 0 Å². The quantitative estimate of drug-likeness (QED) is 0.607. The number of sulfone groups is 1. The van der Waals surface area contributed by atoms with E-state index in [2.05, 4.69) is 10.5 Å². The maximum absolute atomic E-state index is 13.2. The maximum atomic E-state index is 13.2. The van der Waals surface area contributed by atoms with Crippen molar-refractivity contribution in [1.29, 1.82) is 0 Å². The van der Waals surface area contributed by atoms with Gasteiger partial charge in [0, 0.05) is 6.07 Å². The van der Waals surface area contributed by atoms with Crippen molar-refractivity contribution in [2.24, 2.45) is 0 Å². The molecule has 1 atom stereocenters. The Morgan fingerprint density at radius 1 is 1.11 bits per heavy atom. The highest BCUT2D eigenvalue weighted by Crippen LogP contribution is 2.30. The number of nitrogens with one attached hydrogen (secondary N) is 1. The first-order chi connectivity index (χ1) is 13.3. The third-order valence-corrected chi connectivity index (χ3v) is 6.61. The van der Waals surface area contributed by atoms with E-state index in [1.807, 2.05) is 0 Å². The minimum atomic E-state index is -3.94. The Morgan fingerprint density at radius 2 is 1.82 bits per heavy atom. The van der Waals surface area contributed by atoms with Crippen LogP contribution in [0, 0.1) is 6.92 Å². The van der Waals surface area contributed by atoms with Crippen molar-refractivity contribution in [3.8, 4) is 0 Å². The van der Waals surface area contributed by atoms with E-state index in [1.165, 1.54) is 18.2 Å². The molecule has 0 saturated carbocycles. The second-order valence-corrected chi connectivity index (χ2v) is 9.06. The Bertz CT molecular complexity index is 1100. The normalized spacial score (nSPS) is 12.5. The lowest BCUT2D eigenvalue weighted by Crippen LogP contribution is -2.29. The van der Waals surface area contributed by atoms with Crippen LogP contribution in [-0.2, 0) is 20.4 Å². The number of hydrogen-bond donors (Lipinski definition) is 1. The topological polar surface area (TPSA) is 89.3 Å². The van der Waals surface area contributed by atoms with E-state index in [-0.39, 0.29) is 16.6 Å². The summed E-state index contributed by atoms with van der Waals surface area (Å²) < 4.78 is 31.2. The molecule has 1 aromatic heterocycles. The summed E-state index contributed by atoms with van der Waals surface area (Å²) >= 11 is 11.9. The lowest BCUT2D eigenvalue weighted by atomic mass is 10.1. The average molecular weight is 439 g/mol. The smallest absolute Gasteiger partial charge is 0.248 e. The fourth-order valence-electron chi connectivity index (χ4n) is 2.71. The molecule has 0 aliphatic carbocycles. The Kier molecular flexibility index (Phi) is 6.07. The van der Waals surface area contributed by atoms with Gasteiger partial charge < -0.3 is 9.84 Å². The highest BCUT2D eigenvalue weighted by atomic mass is 35.5. The summed E-state index contributed by atoms with van der Waals surface area (Å²) in [5.41, 5.74) is 0.778. The fourth-order valence-corrected chi connectivity index (χ4v) is 4.80. The minimum Gasteiger partial charge on any atom is -0.360 e. The first kappa shape index (κ1) is 20.4. The Morgan fingerprint density at radius 3 is 2.43 bits per heavy atom. The van der Waals surface area contributed by atoms with Gasteiger partial charge in [0.15, 0.2) is 20.9 Å². The number of anilines is 1. The molecule has 0 radical (unpaired) electrons. The van der Waals surface area contributed by atoms with Gasteiger partial charge in [-0.3, -0.25) is 4.79 Å². The van der Waals surface area contributed by atoms with E-state index in [1.54, 1.807) is 43.3 Å². The summed E-state index contributed by atoms with van der Waals surface area (Å²) in [6, 6.07) is 14.3. The number of hydrogen-bond acceptors (Lipinski definition) is 5. The first-order valence-corrected chi connectivity index (χ1v) is 10.7. The molecule has 3 aromatic rings. The second kappa shape index (κ2) is 8.34. The second-order valence-electron chi connectivity index (χ2n) is 6.16. The molecule has 146 valence electrons. The average Bonchev–Trinajstić information content (AvgIpc) is 3.03. The fraction of sp³-hybridized carbons (Fsp3) is 0.158. The molecule has 6 nitrogen and oxygen atoms in total. The molecule has 0 fully saturated rings. The van der Waals surface area contributed by atoms with Gasteiger partial charge in [-0.05, 0) is 30.2 Å². The minimum absolute atomic E-state index is 0.146. The lowest BCUT2D eigenvalue weighted by molar-refractivity contribution is -0.116. The molecule has 28 heavy (non-hydrogen) atoms. The molecule has 1 heterocycles. The zero-order chi connectivity index (χ0) is 20.3. The van der Waals surface area contributed by atoms with Gasteiger partial charge in [0.25, 0.3) is 0 Å². The molecule has 1 amide bonds. The van der Waals surface area contributed by atoms with Gasteiger partial charge in [0.2, 0.25) is 5.91 Å². The summed E-state index contributed by atoms with van der Waals surface area (Å²) in [6.07, 6.45) is 0. The Hall–Kier alpha value is -2.35. The number of halogens is 2. The van der Waals surface area contributed by atoms with Crippen molar-refractivity contribution in [2.75, 3.05) is 5.32 Å². The van der Waals surface area contributed by atoms with Crippen molar-refractivity contribution in [3.05, 3.63) is 81.5 Å². The van der Waals surface area contributed by atoms with E-state index < -0.39 is 21.0 Å². The summed E-state index contributed by atoms with van der Waals surface area (Å²) in [5.74, 6) is -0.465. The summed E-state index contributed by atoms with van der Waals surface area (Å²) in [7, 11) is -3.94. The maximum Gasteiger partial charge on any atom is 0.248 e. The molecule has 0 aliphatic rings. The number of benzene rings is 2. The number of aromatic nitrogens is 1. The third-order valence-electron chi connectivity index (χ3n) is 3.93. The number of carbonyl (C=O) groups is 1. The van der Waals surface area contributed by atoms with Crippen LogP contribution < -0.4 is 5.32 Å². The van der Waals surface area contributed by atoms with E-state index in [9.17, 15) is 13.2 Å². The monoisotopic (exact) mass is 438 g/mol. The summed E-state index contributed by atoms with van der Waals surface area (Å²) in [6.45, 7) is 1.67. The van der Waals surface area contributed by atoms with Gasteiger partial charge in [-0.1, -0.05) is 64.8 Å². The summed E-state index contributed by atoms with van der Waals surface area (Å²) in [4.78, 5) is 12.9. The number of amides is 1. The Labute approximate surface area is 172 Å². The van der Waals surface area contributed by atoms with Crippen molar-refractivity contribution in [2.45, 2.75) is 17.9 Å². The van der Waals surface area contributed by atoms with E-state index in [4.69, 9.17) is 27.7 Å². The van der Waals surface area contributed by atoms with Crippen LogP contribution in [0.25, 0.3) is 0 Å². The standard InChI is InChI=1S/C19H16Cl2N2O4S/c1-12-9-17(23-27-12)22-19(24)18(14-5-3-2-4-6-14)28(25,26)11-13-7-8-15(20)16(21)10-13/h2-10,18H,11H2,1H3,(H,22,23,24). The van der Waals surface area contributed by atoms with Crippen LogP contribution in [0.5, 0.6) is 0 Å². The molecule has 2 aromatic carbocycles. The van der Waals surface area contributed by atoms with Gasteiger partial charge >= 0.3 is 0 Å². The van der Waals surface area contributed by atoms with Crippen LogP contribution in [0.15, 0.2) is 59.1 Å². The molecule has 1 unspecified atom stereocenters. The Balaban J connectivity index is 1.95. The zero-order valence-corrected chi connectivity index (χ0v) is 17.1. The van der Waals surface area contributed by atoms with Crippen molar-refractivity contribution < 1.29 is 17.7 Å². The highest BCUT2D eigenvalue weighted by molar-refractivity contribution is 7.91. The lowest BCUT2D eigenvalue weighted by Gasteiger charge is -2.17. The van der Waals surface area contributed by atoms with Crippen LogP contribution in [0.4, 0.5) is 5.82 Å². The van der Waals surface area contributed by atoms with Crippen molar-refractivity contribution >= 4 is 44.8 Å². The number of nitrogens with zero attached hydrogens (tertiary/aromatic N) is 1. The molecule has 0 bridgehead atoms. The van der Waals surface area contributed by atoms with Crippen LogP contribution in [0.1, 0.15) is 22.1 Å². The SMILES string of the molecule is Cc1cc(NC(=O)C(c2ccccc2)S(=O)(=O)Cc2ccc(Cl)c(Cl)c2)no1. The van der Waals surface area contributed by atoms with Crippen LogP contribution >= 0.6 is 23.2 Å². The third kappa shape index (κ3) is 4.73. The van der Waals surface area contributed by atoms with Gasteiger partial charge in [-0.2, -0.15) is 0 Å². The van der Waals surface area contributed by atoms with Crippen LogP contribution in [0.2, 0.25) is 10.0 Å². The van der Waals surface area contributed by atoms with Crippen molar-refractivity contribution in [3.63, 3.8) is 0 Å². The van der Waals surface area contributed by atoms with Gasteiger partial charge in [0.1, 0.15) is 5.76 Å². The number of carbonyl (C=O) groups excluding carboxylic acids is 1. The van der Waals surface area contributed by atoms with Crippen LogP contribution in [0.3, 0.4) is 0 Å². The summed E-state index contributed by atoms with van der Waals surface area (Å²) in [5, 5.41) is 5.32. The predicted molar refractivity (Wildman–Crippen MR) is 108 cm³/mol. The molecular weight excluding hydrogens is 423 g/mol. The van der Waals surface area contributed by atoms with Gasteiger partial charge in [0.05, 0.1) is 15.8 Å². The predicted octanol–water partition coefficient (Wildman–Crippen LogP) is 4.58. The largest absolute Gasteiger partial charge is 0.360 e. The number of aryl methyl sites for hydroxylation is 1. The highest BCUT2D eigenvalue weighted by Gasteiger charge is 2.34. The molecule has 0 aliphatic heterocycles. The molecule has 1 N–H and O–H groups in total. The molecule has 0 saturated heterocycles. The zero-order valence-electron chi connectivity index (χ0n) is 14.7. The van der Waals surface area contributed by atoms with Crippen molar-refractivity contribution in [1.82, 2.24) is 5.16 Å². The number of rotatable bonds is 6. The molecule has 9 heteroatoms. The van der Waals surface area contributed by atoms with Gasteiger partial charge in [-0.25, -0.2) is 8.42 Å². The van der Waals surface area contributed by atoms with Gasteiger partial charge in [-0.15, -0.1) is 0 Å². The first-order valence-electron chi connectivity index (χ1n) is 8.21. The molecule has 0 spiro atoms. The molecular formula is C19H16Cl2N2O4S.